The van der Waals surface area contributed by atoms with E-state index in [1.807, 2.05) is 12.2 Å². The van der Waals surface area contributed by atoms with Crippen LogP contribution in [0.25, 0.3) is 54.6 Å². The standard InChI is InChI=1S/C36H29N/c1-3-13-26(4-2)37-27-22-23-31(35(24-27)25-14-6-5-7-15-25)34-21-12-20-33-30-17-9-8-16-28(30)29-18-10-11-19-32(29)36(33)34/h3,5-24,37H,1,4H2,2H3/b26-13+. The zero-order chi connectivity index (χ0) is 25.2. The predicted molar refractivity (Wildman–Crippen MR) is 162 cm³/mol. The summed E-state index contributed by atoms with van der Waals surface area (Å²) in [7, 11) is 0. The third-order valence-electron chi connectivity index (χ3n) is 7.17. The average Bonchev–Trinajstić information content (AvgIpc) is 2.97. The summed E-state index contributed by atoms with van der Waals surface area (Å²) in [5, 5.41) is 11.4. The summed E-state index contributed by atoms with van der Waals surface area (Å²) in [6.45, 7) is 6.02. The van der Waals surface area contributed by atoms with Gasteiger partial charge in [0.25, 0.3) is 0 Å². The molecule has 0 aliphatic rings. The van der Waals surface area contributed by atoms with Crippen LogP contribution in [0, 0.1) is 0 Å². The minimum absolute atomic E-state index is 0.914. The lowest BCUT2D eigenvalue weighted by molar-refractivity contribution is 1.11. The normalized spacial score (nSPS) is 11.8. The molecule has 0 bridgehead atoms. The Kier molecular flexibility index (Phi) is 6.04. The molecule has 0 atom stereocenters. The SMILES string of the molecule is C=C/C=C(\CC)Nc1ccc(-c2cccc3c4ccccc4c4ccccc4c23)c(-c2ccccc2)c1. The molecule has 0 saturated carbocycles. The highest BCUT2D eigenvalue weighted by Crippen LogP contribution is 2.43. The van der Waals surface area contributed by atoms with Crippen LogP contribution in [0.2, 0.25) is 0 Å². The van der Waals surface area contributed by atoms with E-state index < -0.39 is 0 Å². The molecule has 178 valence electrons. The summed E-state index contributed by atoms with van der Waals surface area (Å²) in [5.41, 5.74) is 7.12. The smallest absolute Gasteiger partial charge is 0.0388 e. The molecule has 6 aromatic carbocycles. The van der Waals surface area contributed by atoms with E-state index in [-0.39, 0.29) is 0 Å². The Balaban J connectivity index is 1.67. The molecule has 0 aliphatic heterocycles. The van der Waals surface area contributed by atoms with E-state index in [1.54, 1.807) is 0 Å². The maximum Gasteiger partial charge on any atom is 0.0388 e. The van der Waals surface area contributed by atoms with Crippen molar-refractivity contribution in [2.45, 2.75) is 13.3 Å². The molecule has 0 spiro atoms. The molecule has 0 aliphatic carbocycles. The summed E-state index contributed by atoms with van der Waals surface area (Å²) < 4.78 is 0. The third kappa shape index (κ3) is 4.09. The van der Waals surface area contributed by atoms with Crippen molar-refractivity contribution in [1.82, 2.24) is 0 Å². The zero-order valence-electron chi connectivity index (χ0n) is 21.0. The average molecular weight is 476 g/mol. The summed E-state index contributed by atoms with van der Waals surface area (Å²) in [5.74, 6) is 0. The van der Waals surface area contributed by atoms with E-state index in [9.17, 15) is 0 Å². The topological polar surface area (TPSA) is 12.0 Å². The van der Waals surface area contributed by atoms with Crippen molar-refractivity contribution in [2.75, 3.05) is 5.32 Å². The van der Waals surface area contributed by atoms with Crippen LogP contribution in [-0.2, 0) is 0 Å². The second kappa shape index (κ2) is 9.79. The fourth-order valence-electron chi connectivity index (χ4n) is 5.47. The highest BCUT2D eigenvalue weighted by atomic mass is 14.9. The lowest BCUT2D eigenvalue weighted by Gasteiger charge is -2.18. The minimum atomic E-state index is 0.914. The van der Waals surface area contributed by atoms with E-state index in [0.717, 1.165) is 17.8 Å². The summed E-state index contributed by atoms with van der Waals surface area (Å²) in [4.78, 5) is 0. The molecule has 0 amide bonds. The molecule has 6 rings (SSSR count). The molecular formula is C36H29N. The Morgan fingerprint density at radius 3 is 1.86 bits per heavy atom. The first-order valence-corrected chi connectivity index (χ1v) is 12.9. The number of nitrogens with one attached hydrogen (secondary N) is 1. The number of anilines is 1. The van der Waals surface area contributed by atoms with E-state index in [2.05, 4.69) is 134 Å². The Labute approximate surface area is 218 Å². The van der Waals surface area contributed by atoms with E-state index >= 15 is 0 Å². The minimum Gasteiger partial charge on any atom is -0.359 e. The van der Waals surface area contributed by atoms with Crippen molar-refractivity contribution in [2.24, 2.45) is 0 Å². The molecule has 1 N–H and O–H groups in total. The van der Waals surface area contributed by atoms with Gasteiger partial charge in [-0.05, 0) is 79.2 Å². The summed E-state index contributed by atoms with van der Waals surface area (Å²) in [6, 6.07) is 41.7. The van der Waals surface area contributed by atoms with Crippen LogP contribution in [0.15, 0.2) is 140 Å². The first-order chi connectivity index (χ1) is 18.3. The Morgan fingerprint density at radius 1 is 0.622 bits per heavy atom. The highest BCUT2D eigenvalue weighted by Gasteiger charge is 2.16. The van der Waals surface area contributed by atoms with Gasteiger partial charge in [0.15, 0.2) is 0 Å². The van der Waals surface area contributed by atoms with Crippen LogP contribution in [0.4, 0.5) is 5.69 Å². The van der Waals surface area contributed by atoms with Gasteiger partial charge in [-0.25, -0.2) is 0 Å². The predicted octanol–water partition coefficient (Wildman–Crippen LogP) is 10.4. The van der Waals surface area contributed by atoms with Crippen LogP contribution in [0.3, 0.4) is 0 Å². The van der Waals surface area contributed by atoms with Gasteiger partial charge in [-0.3, -0.25) is 0 Å². The monoisotopic (exact) mass is 475 g/mol. The number of rotatable bonds is 6. The Bertz CT molecular complexity index is 1750. The Hall–Kier alpha value is -4.62. The Morgan fingerprint density at radius 2 is 1.22 bits per heavy atom. The molecule has 0 unspecified atom stereocenters. The number of benzene rings is 6. The summed E-state index contributed by atoms with van der Waals surface area (Å²) in [6.07, 6.45) is 4.79. The van der Waals surface area contributed by atoms with Gasteiger partial charge >= 0.3 is 0 Å². The second-order valence-corrected chi connectivity index (χ2v) is 9.35. The quantitative estimate of drug-likeness (QED) is 0.187. The van der Waals surface area contributed by atoms with Gasteiger partial charge in [0.1, 0.15) is 0 Å². The van der Waals surface area contributed by atoms with Crippen LogP contribution < -0.4 is 5.32 Å². The maximum atomic E-state index is 3.87. The summed E-state index contributed by atoms with van der Waals surface area (Å²) >= 11 is 0. The van der Waals surface area contributed by atoms with Crippen LogP contribution in [-0.4, -0.2) is 0 Å². The lowest BCUT2D eigenvalue weighted by Crippen LogP contribution is -1.99. The first-order valence-electron chi connectivity index (χ1n) is 12.9. The van der Waals surface area contributed by atoms with Crippen LogP contribution in [0.5, 0.6) is 0 Å². The van der Waals surface area contributed by atoms with Gasteiger partial charge in [0.2, 0.25) is 0 Å². The van der Waals surface area contributed by atoms with E-state index in [1.165, 1.54) is 54.6 Å². The molecule has 0 radical (unpaired) electrons. The van der Waals surface area contributed by atoms with Crippen molar-refractivity contribution in [1.29, 1.82) is 0 Å². The fourth-order valence-corrected chi connectivity index (χ4v) is 5.47. The molecular weight excluding hydrogens is 446 g/mol. The second-order valence-electron chi connectivity index (χ2n) is 9.35. The first kappa shape index (κ1) is 22.8. The molecule has 0 saturated heterocycles. The van der Waals surface area contributed by atoms with E-state index in [0.29, 0.717) is 0 Å². The fraction of sp³-hybridized carbons (Fsp3) is 0.0556. The number of hydrogen-bond acceptors (Lipinski definition) is 1. The van der Waals surface area contributed by atoms with Gasteiger partial charge < -0.3 is 5.32 Å². The molecule has 37 heavy (non-hydrogen) atoms. The van der Waals surface area contributed by atoms with Gasteiger partial charge in [-0.1, -0.05) is 123 Å². The molecule has 6 aromatic rings. The third-order valence-corrected chi connectivity index (χ3v) is 7.17. The van der Waals surface area contributed by atoms with E-state index in [4.69, 9.17) is 0 Å². The molecule has 0 fully saturated rings. The van der Waals surface area contributed by atoms with Gasteiger partial charge in [0.05, 0.1) is 0 Å². The maximum absolute atomic E-state index is 3.87. The zero-order valence-corrected chi connectivity index (χ0v) is 21.0. The molecule has 1 nitrogen and oxygen atoms in total. The number of fused-ring (bicyclic) bond motifs is 6. The largest absolute Gasteiger partial charge is 0.359 e. The molecule has 0 aromatic heterocycles. The van der Waals surface area contributed by atoms with Crippen molar-refractivity contribution < 1.29 is 0 Å². The van der Waals surface area contributed by atoms with Crippen LogP contribution >= 0.6 is 0 Å². The molecule has 1 heteroatoms. The highest BCUT2D eigenvalue weighted by molar-refractivity contribution is 6.28. The van der Waals surface area contributed by atoms with Crippen LogP contribution in [0.1, 0.15) is 13.3 Å². The van der Waals surface area contributed by atoms with Crippen molar-refractivity contribution in [3.63, 3.8) is 0 Å². The lowest BCUT2D eigenvalue weighted by atomic mass is 9.87. The number of allylic oxidation sites excluding steroid dienone is 3. The van der Waals surface area contributed by atoms with Crippen molar-refractivity contribution >= 4 is 38.0 Å². The number of hydrogen-bond donors (Lipinski definition) is 1. The van der Waals surface area contributed by atoms with Gasteiger partial charge in [0, 0.05) is 11.4 Å². The van der Waals surface area contributed by atoms with Crippen molar-refractivity contribution in [3.8, 4) is 22.3 Å². The molecule has 0 heterocycles. The van der Waals surface area contributed by atoms with Gasteiger partial charge in [-0.15, -0.1) is 0 Å². The van der Waals surface area contributed by atoms with Crippen molar-refractivity contribution in [3.05, 3.63) is 140 Å². The van der Waals surface area contributed by atoms with Gasteiger partial charge in [-0.2, -0.15) is 0 Å².